The minimum Gasteiger partial charge on any atom is -0.481 e. The summed E-state index contributed by atoms with van der Waals surface area (Å²) in [5.74, 6) is -0.703. The lowest BCUT2D eigenvalue weighted by atomic mass is 10.1. The Morgan fingerprint density at radius 3 is 2.67 bits per heavy atom. The van der Waals surface area contributed by atoms with Gasteiger partial charge in [0, 0.05) is 0 Å². The van der Waals surface area contributed by atoms with Gasteiger partial charge in [-0.1, -0.05) is 36.4 Å². The Balaban J connectivity index is 1.95. The summed E-state index contributed by atoms with van der Waals surface area (Å²) in [6.07, 6.45) is -1.01. The maximum atomic E-state index is 10.7. The molecule has 1 aromatic heterocycles. The number of aliphatic carboxylic acids is 1. The molecule has 1 unspecified atom stereocenters. The second kappa shape index (κ2) is 5.38. The van der Waals surface area contributed by atoms with Gasteiger partial charge in [-0.2, -0.15) is 0 Å². The van der Waals surface area contributed by atoms with Gasteiger partial charge in [0.05, 0.1) is 6.42 Å². The zero-order valence-corrected chi connectivity index (χ0v) is 11.1. The van der Waals surface area contributed by atoms with Crippen molar-refractivity contribution in [2.75, 3.05) is 0 Å². The maximum absolute atomic E-state index is 10.7. The van der Waals surface area contributed by atoms with Crippen LogP contribution in [0.25, 0.3) is 11.1 Å². The van der Waals surface area contributed by atoms with Crippen molar-refractivity contribution in [3.63, 3.8) is 0 Å². The first-order valence-corrected chi connectivity index (χ1v) is 6.47. The zero-order chi connectivity index (χ0) is 14.8. The minimum absolute atomic E-state index is 0.0701. The highest BCUT2D eigenvalue weighted by atomic mass is 16.4. The normalized spacial score (nSPS) is 12.4. The predicted molar refractivity (Wildman–Crippen MR) is 75.9 cm³/mol. The Morgan fingerprint density at radius 1 is 1.19 bits per heavy atom. The topological polar surface area (TPSA) is 83.6 Å². The SMILES string of the molecule is O=C(O)Cc1ccc2oc(C(O)c3ccccc3)nc2c1. The molecule has 1 heterocycles. The summed E-state index contributed by atoms with van der Waals surface area (Å²) in [5.41, 5.74) is 2.40. The Bertz CT molecular complexity index is 779. The van der Waals surface area contributed by atoms with E-state index in [4.69, 9.17) is 9.52 Å². The highest BCUT2D eigenvalue weighted by Crippen LogP contribution is 2.25. The molecule has 0 aliphatic heterocycles. The van der Waals surface area contributed by atoms with E-state index in [0.29, 0.717) is 22.2 Å². The smallest absolute Gasteiger partial charge is 0.307 e. The number of carbonyl (C=O) groups is 1. The molecular formula is C16H13NO4. The van der Waals surface area contributed by atoms with Crippen molar-refractivity contribution in [2.24, 2.45) is 0 Å². The Kier molecular flexibility index (Phi) is 3.41. The summed E-state index contributed by atoms with van der Waals surface area (Å²) in [7, 11) is 0. The number of fused-ring (bicyclic) bond motifs is 1. The zero-order valence-electron chi connectivity index (χ0n) is 11.1. The molecule has 5 heteroatoms. The van der Waals surface area contributed by atoms with Crippen LogP contribution in [0.1, 0.15) is 23.1 Å². The van der Waals surface area contributed by atoms with Crippen LogP contribution in [0.4, 0.5) is 0 Å². The van der Waals surface area contributed by atoms with Gasteiger partial charge in [0.15, 0.2) is 11.7 Å². The second-order valence-corrected chi connectivity index (χ2v) is 4.74. The third kappa shape index (κ3) is 2.78. The average Bonchev–Trinajstić information content (AvgIpc) is 2.90. The summed E-state index contributed by atoms with van der Waals surface area (Å²) >= 11 is 0. The number of carboxylic acid groups (broad SMARTS) is 1. The molecule has 21 heavy (non-hydrogen) atoms. The van der Waals surface area contributed by atoms with Crippen molar-refractivity contribution in [3.8, 4) is 0 Å². The standard InChI is InChI=1S/C16H13NO4/c18-14(19)9-10-6-7-13-12(8-10)17-16(21-13)15(20)11-4-2-1-3-5-11/h1-8,15,20H,9H2,(H,18,19). The number of hydrogen-bond acceptors (Lipinski definition) is 4. The van der Waals surface area contributed by atoms with Crippen molar-refractivity contribution >= 4 is 17.1 Å². The van der Waals surface area contributed by atoms with E-state index in [9.17, 15) is 9.90 Å². The van der Waals surface area contributed by atoms with Crippen LogP contribution in [0.15, 0.2) is 52.9 Å². The van der Waals surface area contributed by atoms with Crippen molar-refractivity contribution in [3.05, 3.63) is 65.5 Å². The van der Waals surface area contributed by atoms with Crippen molar-refractivity contribution in [1.29, 1.82) is 0 Å². The summed E-state index contributed by atoms with van der Waals surface area (Å²) < 4.78 is 5.54. The molecule has 0 saturated carbocycles. The number of nitrogens with zero attached hydrogens (tertiary/aromatic N) is 1. The molecule has 0 bridgehead atoms. The van der Waals surface area contributed by atoms with Gasteiger partial charge in [0.25, 0.3) is 0 Å². The van der Waals surface area contributed by atoms with E-state index in [2.05, 4.69) is 4.98 Å². The number of hydrogen-bond donors (Lipinski definition) is 2. The van der Waals surface area contributed by atoms with Crippen molar-refractivity contribution < 1.29 is 19.4 Å². The molecule has 0 saturated heterocycles. The van der Waals surface area contributed by atoms with Crippen LogP contribution in [-0.4, -0.2) is 21.2 Å². The summed E-state index contributed by atoms with van der Waals surface area (Å²) in [6, 6.07) is 14.1. The fourth-order valence-corrected chi connectivity index (χ4v) is 2.17. The molecule has 0 aliphatic rings. The van der Waals surface area contributed by atoms with Gasteiger partial charge in [-0.3, -0.25) is 4.79 Å². The first kappa shape index (κ1) is 13.3. The molecule has 2 aromatic carbocycles. The lowest BCUT2D eigenvalue weighted by Gasteiger charge is -2.05. The molecule has 0 aliphatic carbocycles. The third-order valence-corrected chi connectivity index (χ3v) is 3.17. The number of benzene rings is 2. The third-order valence-electron chi connectivity index (χ3n) is 3.17. The fraction of sp³-hybridized carbons (Fsp3) is 0.125. The van der Waals surface area contributed by atoms with E-state index in [1.807, 2.05) is 18.2 Å². The first-order valence-electron chi connectivity index (χ1n) is 6.47. The lowest BCUT2D eigenvalue weighted by Crippen LogP contribution is -2.00. The van der Waals surface area contributed by atoms with E-state index in [1.54, 1.807) is 30.3 Å². The van der Waals surface area contributed by atoms with Crippen molar-refractivity contribution in [2.45, 2.75) is 12.5 Å². The predicted octanol–water partition coefficient (Wildman–Crippen LogP) is 2.54. The van der Waals surface area contributed by atoms with Crippen LogP contribution in [-0.2, 0) is 11.2 Å². The molecule has 3 rings (SSSR count). The van der Waals surface area contributed by atoms with Gasteiger partial charge in [0.1, 0.15) is 5.52 Å². The van der Waals surface area contributed by atoms with Crippen LogP contribution in [0, 0.1) is 0 Å². The van der Waals surface area contributed by atoms with Gasteiger partial charge in [-0.25, -0.2) is 4.98 Å². The summed E-state index contributed by atoms with van der Waals surface area (Å²) in [4.78, 5) is 15.0. The fourth-order valence-electron chi connectivity index (χ4n) is 2.17. The molecule has 0 fully saturated rings. The highest BCUT2D eigenvalue weighted by Gasteiger charge is 2.17. The van der Waals surface area contributed by atoms with E-state index >= 15 is 0 Å². The summed E-state index contributed by atoms with van der Waals surface area (Å²) in [6.45, 7) is 0. The Hall–Kier alpha value is -2.66. The van der Waals surface area contributed by atoms with Crippen LogP contribution >= 0.6 is 0 Å². The largest absolute Gasteiger partial charge is 0.481 e. The highest BCUT2D eigenvalue weighted by molar-refractivity contribution is 5.77. The number of oxazole rings is 1. The number of aliphatic hydroxyl groups is 1. The van der Waals surface area contributed by atoms with E-state index in [0.717, 1.165) is 0 Å². The number of aliphatic hydroxyl groups excluding tert-OH is 1. The molecule has 1 atom stereocenters. The molecule has 3 aromatic rings. The van der Waals surface area contributed by atoms with E-state index in [-0.39, 0.29) is 12.3 Å². The molecule has 0 amide bonds. The van der Waals surface area contributed by atoms with Crippen LogP contribution < -0.4 is 0 Å². The number of carboxylic acids is 1. The monoisotopic (exact) mass is 283 g/mol. The van der Waals surface area contributed by atoms with Crippen LogP contribution in [0.5, 0.6) is 0 Å². The average molecular weight is 283 g/mol. The minimum atomic E-state index is -0.943. The summed E-state index contributed by atoms with van der Waals surface area (Å²) in [5, 5.41) is 19.1. The van der Waals surface area contributed by atoms with E-state index in [1.165, 1.54) is 0 Å². The molecular weight excluding hydrogens is 270 g/mol. The van der Waals surface area contributed by atoms with Gasteiger partial charge in [0.2, 0.25) is 5.89 Å². The maximum Gasteiger partial charge on any atom is 0.307 e. The van der Waals surface area contributed by atoms with Gasteiger partial charge < -0.3 is 14.6 Å². The van der Waals surface area contributed by atoms with Gasteiger partial charge >= 0.3 is 5.97 Å². The molecule has 2 N–H and O–H groups in total. The quantitative estimate of drug-likeness (QED) is 0.768. The Labute approximate surface area is 120 Å². The molecule has 106 valence electrons. The first-order chi connectivity index (χ1) is 10.1. The van der Waals surface area contributed by atoms with Crippen LogP contribution in [0.2, 0.25) is 0 Å². The molecule has 0 radical (unpaired) electrons. The van der Waals surface area contributed by atoms with E-state index < -0.39 is 12.1 Å². The lowest BCUT2D eigenvalue weighted by molar-refractivity contribution is -0.136. The van der Waals surface area contributed by atoms with Crippen LogP contribution in [0.3, 0.4) is 0 Å². The van der Waals surface area contributed by atoms with Gasteiger partial charge in [-0.05, 0) is 23.3 Å². The number of rotatable bonds is 4. The second-order valence-electron chi connectivity index (χ2n) is 4.74. The molecule has 0 spiro atoms. The molecule has 5 nitrogen and oxygen atoms in total. The van der Waals surface area contributed by atoms with Gasteiger partial charge in [-0.15, -0.1) is 0 Å². The Morgan fingerprint density at radius 2 is 1.95 bits per heavy atom. The van der Waals surface area contributed by atoms with Crippen molar-refractivity contribution in [1.82, 2.24) is 4.98 Å². The number of aromatic nitrogens is 1.